The number of carbonyl (C=O) groups is 1. The lowest BCUT2D eigenvalue weighted by molar-refractivity contribution is -0.133. The standard InChI is InChI=1S/C14H26N2O2.ClH/c1-18-11-12-4-3-9-16(10-12)14(17)7-6-13-5-2-8-15-13;/h12-13,15H,2-11H2,1H3;1H. The molecule has 0 bridgehead atoms. The Bertz CT molecular complexity index is 268. The van der Waals surface area contributed by atoms with E-state index >= 15 is 0 Å². The second-order valence-electron chi connectivity index (χ2n) is 5.64. The van der Waals surface area contributed by atoms with Gasteiger partial charge in [0, 0.05) is 32.7 Å². The number of carbonyl (C=O) groups excluding carboxylic acids is 1. The highest BCUT2D eigenvalue weighted by atomic mass is 35.5. The summed E-state index contributed by atoms with van der Waals surface area (Å²) in [7, 11) is 1.74. The maximum Gasteiger partial charge on any atom is 0.222 e. The highest BCUT2D eigenvalue weighted by molar-refractivity contribution is 5.85. The van der Waals surface area contributed by atoms with Crippen molar-refractivity contribution in [1.82, 2.24) is 10.2 Å². The first kappa shape index (κ1) is 16.7. The van der Waals surface area contributed by atoms with Crippen LogP contribution in [0.3, 0.4) is 0 Å². The number of rotatable bonds is 5. The quantitative estimate of drug-likeness (QED) is 0.840. The SMILES string of the molecule is COCC1CCCN(C(=O)CCC2CCCN2)C1.Cl. The zero-order valence-electron chi connectivity index (χ0n) is 11.9. The molecule has 19 heavy (non-hydrogen) atoms. The van der Waals surface area contributed by atoms with Gasteiger partial charge in [-0.05, 0) is 44.6 Å². The molecular formula is C14H27ClN2O2. The lowest BCUT2D eigenvalue weighted by Gasteiger charge is -2.32. The van der Waals surface area contributed by atoms with Crippen LogP contribution in [0.2, 0.25) is 0 Å². The van der Waals surface area contributed by atoms with E-state index in [0.717, 1.165) is 39.1 Å². The minimum absolute atomic E-state index is 0. The molecule has 2 heterocycles. The van der Waals surface area contributed by atoms with E-state index in [9.17, 15) is 4.79 Å². The van der Waals surface area contributed by atoms with Gasteiger partial charge in [0.25, 0.3) is 0 Å². The molecule has 112 valence electrons. The second kappa shape index (κ2) is 8.77. The average molecular weight is 291 g/mol. The molecule has 2 aliphatic heterocycles. The Morgan fingerprint density at radius 2 is 2.21 bits per heavy atom. The van der Waals surface area contributed by atoms with Gasteiger partial charge in [0.15, 0.2) is 0 Å². The van der Waals surface area contributed by atoms with Gasteiger partial charge >= 0.3 is 0 Å². The summed E-state index contributed by atoms with van der Waals surface area (Å²) in [6.07, 6.45) is 6.53. The number of methoxy groups -OCH3 is 1. The van der Waals surface area contributed by atoms with Gasteiger partial charge in [-0.25, -0.2) is 0 Å². The number of nitrogens with zero attached hydrogens (tertiary/aromatic N) is 1. The first-order chi connectivity index (χ1) is 8.79. The Hall–Kier alpha value is -0.320. The smallest absolute Gasteiger partial charge is 0.222 e. The summed E-state index contributed by atoms with van der Waals surface area (Å²) >= 11 is 0. The molecule has 2 unspecified atom stereocenters. The van der Waals surface area contributed by atoms with Crippen LogP contribution in [0.15, 0.2) is 0 Å². The molecule has 0 aromatic heterocycles. The van der Waals surface area contributed by atoms with E-state index < -0.39 is 0 Å². The molecule has 4 nitrogen and oxygen atoms in total. The normalized spacial score (nSPS) is 27.1. The maximum absolute atomic E-state index is 12.2. The number of hydrogen-bond donors (Lipinski definition) is 1. The average Bonchev–Trinajstić information content (AvgIpc) is 2.90. The Morgan fingerprint density at radius 1 is 1.37 bits per heavy atom. The van der Waals surface area contributed by atoms with E-state index in [2.05, 4.69) is 5.32 Å². The molecular weight excluding hydrogens is 264 g/mol. The largest absolute Gasteiger partial charge is 0.384 e. The van der Waals surface area contributed by atoms with Crippen LogP contribution in [0.25, 0.3) is 0 Å². The molecule has 5 heteroatoms. The van der Waals surface area contributed by atoms with Crippen molar-refractivity contribution in [3.05, 3.63) is 0 Å². The Labute approximate surface area is 122 Å². The molecule has 0 aromatic rings. The van der Waals surface area contributed by atoms with Gasteiger partial charge in [0.2, 0.25) is 5.91 Å². The van der Waals surface area contributed by atoms with Crippen LogP contribution in [0.5, 0.6) is 0 Å². The van der Waals surface area contributed by atoms with Crippen LogP contribution in [-0.2, 0) is 9.53 Å². The van der Waals surface area contributed by atoms with Crippen LogP contribution in [-0.4, -0.2) is 50.2 Å². The summed E-state index contributed by atoms with van der Waals surface area (Å²) in [4.78, 5) is 14.2. The maximum atomic E-state index is 12.2. The first-order valence-corrected chi connectivity index (χ1v) is 7.29. The number of nitrogens with one attached hydrogen (secondary N) is 1. The van der Waals surface area contributed by atoms with Crippen LogP contribution < -0.4 is 5.32 Å². The molecule has 2 fully saturated rings. The third-order valence-electron chi connectivity index (χ3n) is 4.14. The molecule has 1 amide bonds. The fourth-order valence-electron chi connectivity index (χ4n) is 3.12. The molecule has 1 N–H and O–H groups in total. The Kier molecular flexibility index (Phi) is 7.73. The lowest BCUT2D eigenvalue weighted by atomic mass is 9.98. The number of likely N-dealkylation sites (tertiary alicyclic amines) is 1. The fourth-order valence-corrected chi connectivity index (χ4v) is 3.12. The van der Waals surface area contributed by atoms with Gasteiger partial charge in [-0.3, -0.25) is 4.79 Å². The Morgan fingerprint density at radius 3 is 2.89 bits per heavy atom. The zero-order chi connectivity index (χ0) is 12.8. The molecule has 2 saturated heterocycles. The van der Waals surface area contributed by atoms with Gasteiger partial charge in [-0.2, -0.15) is 0 Å². The second-order valence-corrected chi connectivity index (χ2v) is 5.64. The van der Waals surface area contributed by atoms with E-state index in [-0.39, 0.29) is 12.4 Å². The molecule has 0 aromatic carbocycles. The summed E-state index contributed by atoms with van der Waals surface area (Å²) in [5, 5.41) is 3.45. The summed E-state index contributed by atoms with van der Waals surface area (Å²) in [5.74, 6) is 0.877. The molecule has 0 aliphatic carbocycles. The van der Waals surface area contributed by atoms with Crippen LogP contribution in [0.4, 0.5) is 0 Å². The molecule has 2 aliphatic rings. The van der Waals surface area contributed by atoms with E-state index in [1.54, 1.807) is 7.11 Å². The van der Waals surface area contributed by atoms with Gasteiger partial charge < -0.3 is 15.0 Å². The lowest BCUT2D eigenvalue weighted by Crippen LogP contribution is -2.41. The third kappa shape index (κ3) is 5.28. The van der Waals surface area contributed by atoms with Crippen molar-refractivity contribution >= 4 is 18.3 Å². The number of piperidine rings is 1. The summed E-state index contributed by atoms with van der Waals surface area (Å²) in [5.41, 5.74) is 0. The van der Waals surface area contributed by atoms with E-state index in [0.29, 0.717) is 24.3 Å². The first-order valence-electron chi connectivity index (χ1n) is 7.29. The highest BCUT2D eigenvalue weighted by Crippen LogP contribution is 2.19. The minimum Gasteiger partial charge on any atom is -0.384 e. The van der Waals surface area contributed by atoms with Crippen molar-refractivity contribution in [1.29, 1.82) is 0 Å². The van der Waals surface area contributed by atoms with Crippen molar-refractivity contribution in [2.75, 3.05) is 33.4 Å². The molecule has 0 saturated carbocycles. The highest BCUT2D eigenvalue weighted by Gasteiger charge is 2.24. The van der Waals surface area contributed by atoms with Crippen molar-refractivity contribution in [3.8, 4) is 0 Å². The minimum atomic E-state index is 0. The van der Waals surface area contributed by atoms with Gasteiger partial charge in [0.05, 0.1) is 6.61 Å². The van der Waals surface area contributed by atoms with Gasteiger partial charge in [-0.15, -0.1) is 12.4 Å². The topological polar surface area (TPSA) is 41.6 Å². The van der Waals surface area contributed by atoms with Crippen molar-refractivity contribution in [2.45, 2.75) is 44.6 Å². The molecule has 2 rings (SSSR count). The van der Waals surface area contributed by atoms with Crippen LogP contribution in [0.1, 0.15) is 38.5 Å². The number of hydrogen-bond acceptors (Lipinski definition) is 3. The number of amides is 1. The number of halogens is 1. The predicted molar refractivity (Wildman–Crippen MR) is 78.7 cm³/mol. The van der Waals surface area contributed by atoms with Crippen LogP contribution >= 0.6 is 12.4 Å². The predicted octanol–water partition coefficient (Wildman–Crippen LogP) is 1.83. The third-order valence-corrected chi connectivity index (χ3v) is 4.14. The van der Waals surface area contributed by atoms with Crippen molar-refractivity contribution < 1.29 is 9.53 Å². The zero-order valence-corrected chi connectivity index (χ0v) is 12.7. The van der Waals surface area contributed by atoms with E-state index in [1.807, 2.05) is 4.90 Å². The van der Waals surface area contributed by atoms with E-state index in [4.69, 9.17) is 4.74 Å². The van der Waals surface area contributed by atoms with Crippen LogP contribution in [0, 0.1) is 5.92 Å². The summed E-state index contributed by atoms with van der Waals surface area (Å²) in [6, 6.07) is 0.577. The van der Waals surface area contributed by atoms with Crippen molar-refractivity contribution in [2.24, 2.45) is 5.92 Å². The summed E-state index contributed by atoms with van der Waals surface area (Å²) in [6.45, 7) is 3.74. The monoisotopic (exact) mass is 290 g/mol. The number of ether oxygens (including phenoxy) is 1. The van der Waals surface area contributed by atoms with E-state index in [1.165, 1.54) is 19.3 Å². The molecule has 0 radical (unpaired) electrons. The molecule has 2 atom stereocenters. The Balaban J connectivity index is 0.00000180. The molecule has 0 spiro atoms. The van der Waals surface area contributed by atoms with Crippen molar-refractivity contribution in [3.63, 3.8) is 0 Å². The fraction of sp³-hybridized carbons (Fsp3) is 0.929. The summed E-state index contributed by atoms with van der Waals surface area (Å²) < 4.78 is 5.20. The van der Waals surface area contributed by atoms with Gasteiger partial charge in [0.1, 0.15) is 0 Å². The van der Waals surface area contributed by atoms with Gasteiger partial charge in [-0.1, -0.05) is 0 Å².